The molecule has 19 heavy (non-hydrogen) atoms. The van der Waals surface area contributed by atoms with Gasteiger partial charge >= 0.3 is 0 Å². The molecule has 1 saturated heterocycles. The highest BCUT2D eigenvalue weighted by Crippen LogP contribution is 2.22. The van der Waals surface area contributed by atoms with Gasteiger partial charge in [-0.25, -0.2) is 4.68 Å². The summed E-state index contributed by atoms with van der Waals surface area (Å²) in [6.45, 7) is 2.18. The van der Waals surface area contributed by atoms with Crippen LogP contribution >= 0.6 is 0 Å². The van der Waals surface area contributed by atoms with Gasteiger partial charge in [0.1, 0.15) is 24.4 Å². The summed E-state index contributed by atoms with van der Waals surface area (Å²) in [7, 11) is 1.36. The Morgan fingerprint density at radius 1 is 1.32 bits per heavy atom. The fraction of sp³-hybridized carbons (Fsp3) is 0.818. The fourth-order valence-corrected chi connectivity index (χ4v) is 2.04. The SMILES string of the molecule is CCc1cn(C[C@H]2O[C@H](OC)[C@H](O)[C@@H](O)[C@@H]2O)nn1. The molecule has 1 aliphatic heterocycles. The Hall–Kier alpha value is -1.06. The lowest BCUT2D eigenvalue weighted by atomic mass is 9.99. The molecule has 0 unspecified atom stereocenters. The molecular formula is C11H19N3O5. The van der Waals surface area contributed by atoms with Crippen molar-refractivity contribution in [2.75, 3.05) is 7.11 Å². The first-order chi connectivity index (χ1) is 9.06. The van der Waals surface area contributed by atoms with E-state index in [1.165, 1.54) is 11.8 Å². The van der Waals surface area contributed by atoms with Crippen molar-refractivity contribution >= 4 is 0 Å². The molecule has 0 amide bonds. The van der Waals surface area contributed by atoms with Crippen LogP contribution in [0.3, 0.4) is 0 Å². The van der Waals surface area contributed by atoms with Crippen LogP contribution in [0, 0.1) is 0 Å². The number of hydrogen-bond donors (Lipinski definition) is 3. The monoisotopic (exact) mass is 273 g/mol. The largest absolute Gasteiger partial charge is 0.388 e. The van der Waals surface area contributed by atoms with Gasteiger partial charge in [-0.3, -0.25) is 0 Å². The van der Waals surface area contributed by atoms with Gasteiger partial charge in [0.05, 0.1) is 12.2 Å². The van der Waals surface area contributed by atoms with E-state index in [4.69, 9.17) is 9.47 Å². The van der Waals surface area contributed by atoms with Crippen LogP contribution in [0.15, 0.2) is 6.20 Å². The molecule has 0 radical (unpaired) electrons. The van der Waals surface area contributed by atoms with Crippen molar-refractivity contribution in [3.63, 3.8) is 0 Å². The molecule has 0 spiro atoms. The molecule has 8 heteroatoms. The number of methoxy groups -OCH3 is 1. The zero-order valence-electron chi connectivity index (χ0n) is 10.9. The zero-order valence-corrected chi connectivity index (χ0v) is 10.9. The minimum Gasteiger partial charge on any atom is -0.388 e. The Morgan fingerprint density at radius 3 is 2.63 bits per heavy atom. The molecule has 8 nitrogen and oxygen atoms in total. The first-order valence-electron chi connectivity index (χ1n) is 6.18. The molecule has 3 N–H and O–H groups in total. The summed E-state index contributed by atoms with van der Waals surface area (Å²) in [5.74, 6) is 0. The lowest BCUT2D eigenvalue weighted by Crippen LogP contribution is -2.58. The average Bonchev–Trinajstić information content (AvgIpc) is 2.87. The molecule has 1 aromatic rings. The fourth-order valence-electron chi connectivity index (χ4n) is 2.04. The maximum atomic E-state index is 9.89. The highest BCUT2D eigenvalue weighted by Gasteiger charge is 2.44. The molecule has 2 heterocycles. The van der Waals surface area contributed by atoms with Gasteiger partial charge < -0.3 is 24.8 Å². The van der Waals surface area contributed by atoms with Crippen molar-refractivity contribution in [1.29, 1.82) is 0 Å². The Labute approximate surface area is 110 Å². The molecule has 2 rings (SSSR count). The molecule has 0 bridgehead atoms. The molecule has 0 saturated carbocycles. The number of rotatable bonds is 4. The second-order valence-electron chi connectivity index (χ2n) is 4.54. The zero-order chi connectivity index (χ0) is 14.0. The van der Waals surface area contributed by atoms with E-state index in [0.717, 1.165) is 12.1 Å². The Morgan fingerprint density at radius 2 is 2.05 bits per heavy atom. The van der Waals surface area contributed by atoms with Gasteiger partial charge in [0.2, 0.25) is 0 Å². The summed E-state index contributed by atoms with van der Waals surface area (Å²) >= 11 is 0. The smallest absolute Gasteiger partial charge is 0.186 e. The minimum atomic E-state index is -1.32. The molecule has 1 fully saturated rings. The van der Waals surface area contributed by atoms with E-state index in [1.807, 2.05) is 6.92 Å². The number of aryl methyl sites for hydroxylation is 1. The molecule has 5 atom stereocenters. The first-order valence-corrected chi connectivity index (χ1v) is 6.18. The quantitative estimate of drug-likeness (QED) is 0.599. The normalized spacial score (nSPS) is 35.5. The first kappa shape index (κ1) is 14.4. The van der Waals surface area contributed by atoms with Crippen LogP contribution in [0.25, 0.3) is 0 Å². The third kappa shape index (κ3) is 2.93. The molecular weight excluding hydrogens is 254 g/mol. The second kappa shape index (κ2) is 5.93. The van der Waals surface area contributed by atoms with Gasteiger partial charge in [-0.15, -0.1) is 5.10 Å². The maximum Gasteiger partial charge on any atom is 0.186 e. The van der Waals surface area contributed by atoms with Crippen LogP contribution in [-0.4, -0.2) is 68.1 Å². The van der Waals surface area contributed by atoms with Crippen LogP contribution in [-0.2, 0) is 22.4 Å². The van der Waals surface area contributed by atoms with Gasteiger partial charge in [0.25, 0.3) is 0 Å². The summed E-state index contributed by atoms with van der Waals surface area (Å²) in [5, 5.41) is 37.1. The predicted molar refractivity (Wildman–Crippen MR) is 63.1 cm³/mol. The van der Waals surface area contributed by atoms with Crippen molar-refractivity contribution in [3.05, 3.63) is 11.9 Å². The number of hydrogen-bond acceptors (Lipinski definition) is 7. The van der Waals surface area contributed by atoms with E-state index in [-0.39, 0.29) is 6.54 Å². The maximum absolute atomic E-state index is 9.89. The van der Waals surface area contributed by atoms with Crippen molar-refractivity contribution in [3.8, 4) is 0 Å². The van der Waals surface area contributed by atoms with Crippen molar-refractivity contribution in [1.82, 2.24) is 15.0 Å². The van der Waals surface area contributed by atoms with Crippen molar-refractivity contribution < 1.29 is 24.8 Å². The highest BCUT2D eigenvalue weighted by atomic mass is 16.7. The van der Waals surface area contributed by atoms with E-state index in [2.05, 4.69) is 10.3 Å². The van der Waals surface area contributed by atoms with E-state index in [1.54, 1.807) is 6.20 Å². The summed E-state index contributed by atoms with van der Waals surface area (Å²) in [6.07, 6.45) is -3.01. The topological polar surface area (TPSA) is 110 Å². The van der Waals surface area contributed by atoms with Crippen molar-refractivity contribution in [2.24, 2.45) is 0 Å². The second-order valence-corrected chi connectivity index (χ2v) is 4.54. The third-order valence-electron chi connectivity index (χ3n) is 3.22. The number of aromatic nitrogens is 3. The van der Waals surface area contributed by atoms with Crippen LogP contribution in [0.2, 0.25) is 0 Å². The summed E-state index contributed by atoms with van der Waals surface area (Å²) < 4.78 is 11.9. The number of aliphatic hydroxyl groups excluding tert-OH is 3. The minimum absolute atomic E-state index is 0.220. The molecule has 0 aliphatic carbocycles. The van der Waals surface area contributed by atoms with Crippen LogP contribution in [0.1, 0.15) is 12.6 Å². The number of ether oxygens (including phenoxy) is 2. The molecule has 0 aromatic carbocycles. The predicted octanol–water partition coefficient (Wildman–Crippen LogP) is -1.71. The van der Waals surface area contributed by atoms with E-state index in [9.17, 15) is 15.3 Å². The summed E-state index contributed by atoms with van der Waals surface area (Å²) in [4.78, 5) is 0. The Kier molecular flexibility index (Phi) is 4.48. The van der Waals surface area contributed by atoms with Crippen LogP contribution in [0.5, 0.6) is 0 Å². The van der Waals surface area contributed by atoms with Crippen LogP contribution < -0.4 is 0 Å². The molecule has 108 valence electrons. The van der Waals surface area contributed by atoms with Crippen molar-refractivity contribution in [2.45, 2.75) is 50.6 Å². The van der Waals surface area contributed by atoms with Crippen LogP contribution in [0.4, 0.5) is 0 Å². The molecule has 1 aromatic heterocycles. The van der Waals surface area contributed by atoms with E-state index >= 15 is 0 Å². The van der Waals surface area contributed by atoms with Gasteiger partial charge in [0, 0.05) is 13.3 Å². The number of nitrogens with zero attached hydrogens (tertiary/aromatic N) is 3. The van der Waals surface area contributed by atoms with Gasteiger partial charge in [-0.05, 0) is 6.42 Å². The Bertz CT molecular complexity index is 411. The van der Waals surface area contributed by atoms with Gasteiger partial charge in [-0.2, -0.15) is 0 Å². The lowest BCUT2D eigenvalue weighted by molar-refractivity contribution is -0.292. The summed E-state index contributed by atoms with van der Waals surface area (Å²) in [5.41, 5.74) is 0.828. The Balaban J connectivity index is 2.06. The van der Waals surface area contributed by atoms with Gasteiger partial charge in [-0.1, -0.05) is 12.1 Å². The summed E-state index contributed by atoms with van der Waals surface area (Å²) in [6, 6.07) is 0. The van der Waals surface area contributed by atoms with E-state index < -0.39 is 30.7 Å². The highest BCUT2D eigenvalue weighted by molar-refractivity contribution is 4.93. The average molecular weight is 273 g/mol. The third-order valence-corrected chi connectivity index (χ3v) is 3.22. The number of aliphatic hydroxyl groups is 3. The lowest BCUT2D eigenvalue weighted by Gasteiger charge is -2.39. The van der Waals surface area contributed by atoms with Gasteiger partial charge in [0.15, 0.2) is 6.29 Å². The standard InChI is InChI=1S/C11H19N3O5/c1-3-6-4-14(13-12-6)5-7-8(15)9(16)10(17)11(18-2)19-7/h4,7-11,15-17H,3,5H2,1-2H3/t7-,8-,9+,10-,11+/m1/s1. The molecule has 1 aliphatic rings. The van der Waals surface area contributed by atoms with E-state index in [0.29, 0.717) is 0 Å².